The maximum atomic E-state index is 7.05. The lowest BCUT2D eigenvalue weighted by Gasteiger charge is -2.58. The Bertz CT molecular complexity index is 777. The van der Waals surface area contributed by atoms with Crippen LogP contribution >= 0.6 is 0 Å². The molecule has 3 nitrogen and oxygen atoms in total. The normalized spacial score (nSPS) is 50.7. The average molecular weight is 473 g/mol. The zero-order chi connectivity index (χ0) is 24.3. The van der Waals surface area contributed by atoms with Crippen molar-refractivity contribution in [2.45, 2.75) is 117 Å². The van der Waals surface area contributed by atoms with Gasteiger partial charge in [-0.3, -0.25) is 0 Å². The van der Waals surface area contributed by atoms with Gasteiger partial charge in [-0.05, 0) is 118 Å². The molecule has 4 fully saturated rings. The molecule has 0 aromatic carbocycles. The van der Waals surface area contributed by atoms with Gasteiger partial charge < -0.3 is 14.2 Å². The molecule has 0 bridgehead atoms. The van der Waals surface area contributed by atoms with Gasteiger partial charge in [-0.1, -0.05) is 39.3 Å². The zero-order valence-electron chi connectivity index (χ0n) is 23.2. The van der Waals surface area contributed by atoms with E-state index in [0.717, 1.165) is 36.9 Å². The highest BCUT2D eigenvalue weighted by atomic mass is 16.5. The summed E-state index contributed by atoms with van der Waals surface area (Å²) in [6, 6.07) is 0. The van der Waals surface area contributed by atoms with Crippen LogP contribution < -0.4 is 0 Å². The van der Waals surface area contributed by atoms with E-state index in [0.29, 0.717) is 34.9 Å². The predicted octanol–water partition coefficient (Wildman–Crippen LogP) is 7.44. The third-order valence-corrected chi connectivity index (χ3v) is 12.1. The van der Waals surface area contributed by atoms with E-state index in [9.17, 15) is 0 Å². The SMILES string of the molecule is CCOC1CCC2(C)C(=CCC3C2CCC2(C)C3CC3OC(C)(CC[C@@H](C)COC)C(C)C32)C1. The maximum absolute atomic E-state index is 7.05. The fourth-order valence-electron chi connectivity index (χ4n) is 10.1. The van der Waals surface area contributed by atoms with Crippen molar-refractivity contribution in [3.05, 3.63) is 11.6 Å². The van der Waals surface area contributed by atoms with Crippen LogP contribution in [0.15, 0.2) is 11.6 Å². The molecule has 1 aliphatic heterocycles. The summed E-state index contributed by atoms with van der Waals surface area (Å²) in [5.74, 6) is 4.53. The van der Waals surface area contributed by atoms with E-state index >= 15 is 0 Å². The Labute approximate surface area is 209 Å². The molecule has 0 radical (unpaired) electrons. The molecule has 4 aliphatic carbocycles. The molecule has 11 atom stereocenters. The van der Waals surface area contributed by atoms with Gasteiger partial charge in [0.15, 0.2) is 0 Å². The number of hydrogen-bond donors (Lipinski definition) is 0. The molecule has 0 amide bonds. The van der Waals surface area contributed by atoms with Gasteiger partial charge in [0, 0.05) is 20.3 Å². The van der Waals surface area contributed by atoms with E-state index in [-0.39, 0.29) is 5.60 Å². The van der Waals surface area contributed by atoms with Crippen molar-refractivity contribution in [3.8, 4) is 0 Å². The summed E-state index contributed by atoms with van der Waals surface area (Å²) in [6.07, 6.45) is 15.2. The minimum absolute atomic E-state index is 0.0332. The lowest BCUT2D eigenvalue weighted by atomic mass is 9.46. The molecule has 0 N–H and O–H groups in total. The van der Waals surface area contributed by atoms with Crippen molar-refractivity contribution < 1.29 is 14.2 Å². The van der Waals surface area contributed by atoms with Gasteiger partial charge in [-0.15, -0.1) is 0 Å². The Balaban J connectivity index is 1.32. The Kier molecular flexibility index (Phi) is 6.82. The highest BCUT2D eigenvalue weighted by molar-refractivity contribution is 5.26. The zero-order valence-corrected chi connectivity index (χ0v) is 23.2. The smallest absolute Gasteiger partial charge is 0.0687 e. The fourth-order valence-corrected chi connectivity index (χ4v) is 10.1. The molecule has 1 heterocycles. The van der Waals surface area contributed by atoms with Crippen molar-refractivity contribution in [2.75, 3.05) is 20.3 Å². The van der Waals surface area contributed by atoms with Gasteiger partial charge in [0.1, 0.15) is 0 Å². The Hall–Kier alpha value is -0.380. The van der Waals surface area contributed by atoms with Crippen LogP contribution in [-0.2, 0) is 14.2 Å². The lowest BCUT2D eigenvalue weighted by molar-refractivity contribution is -0.0817. The van der Waals surface area contributed by atoms with Crippen molar-refractivity contribution in [3.63, 3.8) is 0 Å². The number of ether oxygens (including phenoxy) is 3. The van der Waals surface area contributed by atoms with E-state index in [1.54, 1.807) is 5.57 Å². The minimum Gasteiger partial charge on any atom is -0.384 e. The first-order valence-electron chi connectivity index (χ1n) is 14.6. The Morgan fingerprint density at radius 2 is 1.94 bits per heavy atom. The third kappa shape index (κ3) is 3.86. The summed E-state index contributed by atoms with van der Waals surface area (Å²) in [6.45, 7) is 16.4. The summed E-state index contributed by atoms with van der Waals surface area (Å²) >= 11 is 0. The van der Waals surface area contributed by atoms with Crippen LogP contribution in [0, 0.1) is 46.3 Å². The molecule has 3 saturated carbocycles. The predicted molar refractivity (Wildman–Crippen MR) is 139 cm³/mol. The van der Waals surface area contributed by atoms with Gasteiger partial charge in [-0.2, -0.15) is 0 Å². The number of rotatable bonds is 7. The summed E-state index contributed by atoms with van der Waals surface area (Å²) in [5.41, 5.74) is 2.63. The topological polar surface area (TPSA) is 27.7 Å². The molecule has 194 valence electrons. The summed E-state index contributed by atoms with van der Waals surface area (Å²) < 4.78 is 18.5. The second-order valence-corrected chi connectivity index (χ2v) is 13.7. The molecular weight excluding hydrogens is 420 g/mol. The molecule has 5 aliphatic rings. The first-order valence-corrected chi connectivity index (χ1v) is 14.6. The highest BCUT2D eigenvalue weighted by Gasteiger charge is 2.66. The second kappa shape index (κ2) is 9.18. The van der Waals surface area contributed by atoms with Crippen LogP contribution in [0.4, 0.5) is 0 Å². The van der Waals surface area contributed by atoms with Crippen LogP contribution in [0.2, 0.25) is 0 Å². The molecule has 5 rings (SSSR count). The fraction of sp³-hybridized carbons (Fsp3) is 0.935. The largest absolute Gasteiger partial charge is 0.384 e. The van der Waals surface area contributed by atoms with Crippen molar-refractivity contribution in [2.24, 2.45) is 46.3 Å². The summed E-state index contributed by atoms with van der Waals surface area (Å²) in [5, 5.41) is 0. The number of fused-ring (bicyclic) bond motifs is 7. The summed E-state index contributed by atoms with van der Waals surface area (Å²) in [4.78, 5) is 0. The number of methoxy groups -OCH3 is 1. The Morgan fingerprint density at radius 1 is 1.15 bits per heavy atom. The first kappa shape index (κ1) is 25.3. The van der Waals surface area contributed by atoms with Crippen LogP contribution in [-0.4, -0.2) is 38.1 Å². The maximum Gasteiger partial charge on any atom is 0.0687 e. The standard InChI is InChI=1S/C31H52O3/c1-8-33-23-12-14-29(4)22(17-23)9-10-24-25(29)13-15-30(5)26(24)18-27-28(30)21(3)31(6,34-27)16-11-20(2)19-32-7/h9,20-21,23-28H,8,10-19H2,1-7H3/t20-,21?,23?,24?,25?,26?,27?,28?,29?,30?,31?/m1/s1. The minimum atomic E-state index is 0.0332. The van der Waals surface area contributed by atoms with Crippen LogP contribution in [0.5, 0.6) is 0 Å². The molecule has 0 aromatic heterocycles. The van der Waals surface area contributed by atoms with Crippen LogP contribution in [0.3, 0.4) is 0 Å². The van der Waals surface area contributed by atoms with Gasteiger partial charge in [-0.25, -0.2) is 0 Å². The van der Waals surface area contributed by atoms with E-state index in [1.165, 1.54) is 57.8 Å². The Morgan fingerprint density at radius 3 is 2.68 bits per heavy atom. The highest BCUT2D eigenvalue weighted by Crippen LogP contribution is 2.70. The molecule has 0 aromatic rings. The van der Waals surface area contributed by atoms with E-state index in [2.05, 4.69) is 47.6 Å². The summed E-state index contributed by atoms with van der Waals surface area (Å²) in [7, 11) is 1.82. The lowest BCUT2D eigenvalue weighted by Crippen LogP contribution is -2.51. The second-order valence-electron chi connectivity index (χ2n) is 13.7. The van der Waals surface area contributed by atoms with Crippen LogP contribution in [0.25, 0.3) is 0 Å². The van der Waals surface area contributed by atoms with Gasteiger partial charge >= 0.3 is 0 Å². The quantitative estimate of drug-likeness (QED) is 0.360. The van der Waals surface area contributed by atoms with Crippen molar-refractivity contribution >= 4 is 0 Å². The first-order chi connectivity index (χ1) is 16.2. The molecule has 3 heteroatoms. The molecular formula is C31H52O3. The van der Waals surface area contributed by atoms with E-state index in [4.69, 9.17) is 14.2 Å². The monoisotopic (exact) mass is 472 g/mol. The number of hydrogen-bond acceptors (Lipinski definition) is 3. The average Bonchev–Trinajstić information content (AvgIpc) is 3.23. The molecule has 0 spiro atoms. The van der Waals surface area contributed by atoms with Crippen molar-refractivity contribution in [1.29, 1.82) is 0 Å². The van der Waals surface area contributed by atoms with E-state index in [1.807, 2.05) is 7.11 Å². The molecule has 34 heavy (non-hydrogen) atoms. The third-order valence-electron chi connectivity index (χ3n) is 12.1. The van der Waals surface area contributed by atoms with Gasteiger partial charge in [0.25, 0.3) is 0 Å². The van der Waals surface area contributed by atoms with E-state index < -0.39 is 0 Å². The van der Waals surface area contributed by atoms with Gasteiger partial charge in [0.2, 0.25) is 0 Å². The van der Waals surface area contributed by atoms with Crippen LogP contribution in [0.1, 0.15) is 99.3 Å². The van der Waals surface area contributed by atoms with Crippen molar-refractivity contribution in [1.82, 2.24) is 0 Å². The van der Waals surface area contributed by atoms with Gasteiger partial charge in [0.05, 0.1) is 17.8 Å². The molecule has 10 unspecified atom stereocenters. The number of allylic oxidation sites excluding steroid dienone is 1. The molecule has 1 saturated heterocycles.